The Morgan fingerprint density at radius 2 is 1.75 bits per heavy atom. The normalized spacial score (nSPS) is 27.1. The first-order chi connectivity index (χ1) is 7.28. The molecule has 0 amide bonds. The summed E-state index contributed by atoms with van der Waals surface area (Å²) in [5.41, 5.74) is -0.358. The lowest BCUT2D eigenvalue weighted by Crippen LogP contribution is -2.28. The maximum Gasteiger partial charge on any atom is 0.307 e. The monoisotopic (exact) mass is 227 g/mol. The molecule has 3 nitrogen and oxygen atoms in total. The number of carbonyl (C=O) groups excluding carboxylic acids is 1. The van der Waals surface area contributed by atoms with Crippen molar-refractivity contribution in [2.24, 2.45) is 11.8 Å². The van der Waals surface area contributed by atoms with Crippen LogP contribution in [-0.4, -0.2) is 36.1 Å². The smallest absolute Gasteiger partial charge is 0.307 e. The fourth-order valence-corrected chi connectivity index (χ4v) is 2.07. The van der Waals surface area contributed by atoms with E-state index in [0.29, 0.717) is 6.42 Å². The van der Waals surface area contributed by atoms with Crippen molar-refractivity contribution in [3.05, 3.63) is 0 Å². The average Bonchev–Trinajstić information content (AvgIpc) is 2.40. The summed E-state index contributed by atoms with van der Waals surface area (Å²) in [5.74, 6) is 1.41. The quantitative estimate of drug-likeness (QED) is 0.693. The molecule has 1 aliphatic rings. The Labute approximate surface area is 99.1 Å². The molecule has 16 heavy (non-hydrogen) atoms. The predicted octanol–water partition coefficient (Wildman–Crippen LogP) is 2.31. The summed E-state index contributed by atoms with van der Waals surface area (Å²) in [6.45, 7) is 13.3. The van der Waals surface area contributed by atoms with Crippen molar-refractivity contribution in [2.45, 2.75) is 46.6 Å². The average molecular weight is 227 g/mol. The third-order valence-electron chi connectivity index (χ3n) is 3.12. The van der Waals surface area contributed by atoms with Crippen LogP contribution in [0.2, 0.25) is 0 Å². The summed E-state index contributed by atoms with van der Waals surface area (Å²) in [7, 11) is 0. The Morgan fingerprint density at radius 3 is 2.19 bits per heavy atom. The molecule has 0 saturated carbocycles. The van der Waals surface area contributed by atoms with Crippen LogP contribution in [0.1, 0.15) is 41.0 Å². The second kappa shape index (κ2) is 5.17. The van der Waals surface area contributed by atoms with Crippen LogP contribution in [0.25, 0.3) is 0 Å². The van der Waals surface area contributed by atoms with Gasteiger partial charge in [0.25, 0.3) is 0 Å². The molecular formula is C13H25NO2. The lowest BCUT2D eigenvalue weighted by atomic mass is 10.0. The van der Waals surface area contributed by atoms with E-state index in [-0.39, 0.29) is 11.6 Å². The maximum absolute atomic E-state index is 11.5. The van der Waals surface area contributed by atoms with Crippen LogP contribution in [0.3, 0.4) is 0 Å². The van der Waals surface area contributed by atoms with Crippen LogP contribution in [0.15, 0.2) is 0 Å². The van der Waals surface area contributed by atoms with Gasteiger partial charge in [-0.05, 0) is 32.6 Å². The lowest BCUT2D eigenvalue weighted by Gasteiger charge is -2.21. The first-order valence-corrected chi connectivity index (χ1v) is 6.22. The van der Waals surface area contributed by atoms with Crippen molar-refractivity contribution in [1.29, 1.82) is 0 Å². The summed E-state index contributed by atoms with van der Waals surface area (Å²) >= 11 is 0. The second-order valence-electron chi connectivity index (χ2n) is 6.05. The highest BCUT2D eigenvalue weighted by Crippen LogP contribution is 2.22. The summed E-state index contributed by atoms with van der Waals surface area (Å²) in [6.07, 6.45) is 0.511. The highest BCUT2D eigenvalue weighted by Gasteiger charge is 2.26. The standard InChI is InChI=1S/C13H25NO2/c1-10-8-14(9-11(10)2)7-6-12(15)16-13(3,4)5/h10-11H,6-9H2,1-5H3. The summed E-state index contributed by atoms with van der Waals surface area (Å²) in [4.78, 5) is 13.9. The molecule has 3 heteroatoms. The minimum Gasteiger partial charge on any atom is -0.460 e. The molecule has 94 valence electrons. The Morgan fingerprint density at radius 1 is 1.25 bits per heavy atom. The fourth-order valence-electron chi connectivity index (χ4n) is 2.07. The van der Waals surface area contributed by atoms with Gasteiger partial charge in [-0.3, -0.25) is 4.79 Å². The number of carbonyl (C=O) groups is 1. The van der Waals surface area contributed by atoms with Crippen LogP contribution in [0, 0.1) is 11.8 Å². The zero-order chi connectivity index (χ0) is 12.3. The molecule has 0 aromatic rings. The lowest BCUT2D eigenvalue weighted by molar-refractivity contribution is -0.155. The van der Waals surface area contributed by atoms with E-state index in [1.807, 2.05) is 20.8 Å². The predicted molar refractivity (Wildman–Crippen MR) is 65.2 cm³/mol. The van der Waals surface area contributed by atoms with Gasteiger partial charge in [0.1, 0.15) is 5.60 Å². The topological polar surface area (TPSA) is 29.5 Å². The van der Waals surface area contributed by atoms with Gasteiger partial charge < -0.3 is 9.64 Å². The molecule has 0 aromatic heterocycles. The Kier molecular flexibility index (Phi) is 4.36. The third-order valence-corrected chi connectivity index (χ3v) is 3.12. The summed E-state index contributed by atoms with van der Waals surface area (Å²) in [6, 6.07) is 0. The largest absolute Gasteiger partial charge is 0.460 e. The number of ether oxygens (including phenoxy) is 1. The highest BCUT2D eigenvalue weighted by atomic mass is 16.6. The van der Waals surface area contributed by atoms with Crippen molar-refractivity contribution >= 4 is 5.97 Å². The zero-order valence-electron chi connectivity index (χ0n) is 11.2. The maximum atomic E-state index is 11.5. The molecular weight excluding hydrogens is 202 g/mol. The minimum absolute atomic E-state index is 0.0836. The van der Waals surface area contributed by atoms with Gasteiger partial charge in [-0.25, -0.2) is 0 Å². The van der Waals surface area contributed by atoms with Crippen molar-refractivity contribution < 1.29 is 9.53 Å². The van der Waals surface area contributed by atoms with Crippen molar-refractivity contribution in [3.63, 3.8) is 0 Å². The molecule has 0 N–H and O–H groups in total. The summed E-state index contributed by atoms with van der Waals surface area (Å²) in [5, 5.41) is 0. The van der Waals surface area contributed by atoms with Crippen molar-refractivity contribution in [3.8, 4) is 0 Å². The number of hydrogen-bond acceptors (Lipinski definition) is 3. The zero-order valence-corrected chi connectivity index (χ0v) is 11.2. The van der Waals surface area contributed by atoms with E-state index < -0.39 is 0 Å². The third kappa shape index (κ3) is 4.52. The van der Waals surface area contributed by atoms with E-state index in [0.717, 1.165) is 31.5 Å². The Hall–Kier alpha value is -0.570. The van der Waals surface area contributed by atoms with Gasteiger partial charge in [0.15, 0.2) is 0 Å². The number of rotatable bonds is 3. The number of esters is 1. The van der Waals surface area contributed by atoms with E-state index in [1.54, 1.807) is 0 Å². The van der Waals surface area contributed by atoms with Gasteiger partial charge in [0.05, 0.1) is 6.42 Å². The summed E-state index contributed by atoms with van der Waals surface area (Å²) < 4.78 is 5.29. The van der Waals surface area contributed by atoms with E-state index in [2.05, 4.69) is 18.7 Å². The van der Waals surface area contributed by atoms with Gasteiger partial charge >= 0.3 is 5.97 Å². The molecule has 1 aliphatic heterocycles. The van der Waals surface area contributed by atoms with Crippen molar-refractivity contribution in [2.75, 3.05) is 19.6 Å². The SMILES string of the molecule is CC1CN(CCC(=O)OC(C)(C)C)CC1C. The van der Waals surface area contributed by atoms with Gasteiger partial charge in [-0.15, -0.1) is 0 Å². The van der Waals surface area contributed by atoms with Gasteiger partial charge in [0.2, 0.25) is 0 Å². The molecule has 2 unspecified atom stereocenters. The highest BCUT2D eigenvalue weighted by molar-refractivity contribution is 5.70. The first-order valence-electron chi connectivity index (χ1n) is 6.22. The molecule has 0 aromatic carbocycles. The molecule has 1 rings (SSSR count). The first kappa shape index (κ1) is 13.5. The second-order valence-corrected chi connectivity index (χ2v) is 6.05. The van der Waals surface area contributed by atoms with Crippen LogP contribution in [0.4, 0.5) is 0 Å². The number of likely N-dealkylation sites (tertiary alicyclic amines) is 1. The number of nitrogens with zero attached hydrogens (tertiary/aromatic N) is 1. The van der Waals surface area contributed by atoms with Gasteiger partial charge in [0, 0.05) is 19.6 Å². The van der Waals surface area contributed by atoms with Crippen LogP contribution in [-0.2, 0) is 9.53 Å². The molecule has 2 atom stereocenters. The van der Waals surface area contributed by atoms with Gasteiger partial charge in [-0.2, -0.15) is 0 Å². The van der Waals surface area contributed by atoms with E-state index in [1.165, 1.54) is 0 Å². The Balaban J connectivity index is 2.23. The van der Waals surface area contributed by atoms with Crippen LogP contribution < -0.4 is 0 Å². The molecule has 0 aliphatic carbocycles. The molecule has 1 fully saturated rings. The fraction of sp³-hybridized carbons (Fsp3) is 0.923. The van der Waals surface area contributed by atoms with E-state index >= 15 is 0 Å². The molecule has 0 spiro atoms. The van der Waals surface area contributed by atoms with E-state index in [9.17, 15) is 4.79 Å². The Bertz CT molecular complexity index is 235. The molecule has 1 saturated heterocycles. The molecule has 0 radical (unpaired) electrons. The van der Waals surface area contributed by atoms with Crippen LogP contribution in [0.5, 0.6) is 0 Å². The number of hydrogen-bond donors (Lipinski definition) is 0. The minimum atomic E-state index is -0.358. The molecule has 1 heterocycles. The van der Waals surface area contributed by atoms with Crippen LogP contribution >= 0.6 is 0 Å². The van der Waals surface area contributed by atoms with Crippen molar-refractivity contribution in [1.82, 2.24) is 4.90 Å². The molecule has 0 bridgehead atoms. The van der Waals surface area contributed by atoms with E-state index in [4.69, 9.17) is 4.74 Å². The van der Waals surface area contributed by atoms with Gasteiger partial charge in [-0.1, -0.05) is 13.8 Å².